The quantitative estimate of drug-likeness (QED) is 0.140. The molecule has 0 aliphatic carbocycles. The Hall–Kier alpha value is -2.10. The van der Waals surface area contributed by atoms with E-state index in [4.69, 9.17) is 42.6 Å². The molecule has 7 heterocycles. The van der Waals surface area contributed by atoms with E-state index in [9.17, 15) is 35.1 Å². The van der Waals surface area contributed by atoms with Crippen molar-refractivity contribution in [3.63, 3.8) is 0 Å². The summed E-state index contributed by atoms with van der Waals surface area (Å²) in [5, 5.41) is 56.3. The molecule has 5 N–H and O–H groups in total. The van der Waals surface area contributed by atoms with E-state index >= 15 is 0 Å². The summed E-state index contributed by atoms with van der Waals surface area (Å²) in [7, 11) is 4.52. The molecule has 400 valence electrons. The fourth-order valence-corrected chi connectivity index (χ4v) is 12.3. The lowest BCUT2D eigenvalue weighted by atomic mass is 9.81. The summed E-state index contributed by atoms with van der Waals surface area (Å²) in [5.41, 5.74) is 0. The van der Waals surface area contributed by atoms with Gasteiger partial charge in [0, 0.05) is 65.1 Å². The van der Waals surface area contributed by atoms with Crippen LogP contribution in [0.2, 0.25) is 0 Å². The van der Waals surface area contributed by atoms with Gasteiger partial charge in [0.15, 0.2) is 23.5 Å². The SMILES string of the molecule is COC(=O)[C@H](O)C/C=C\C/C=C/C[C@@H]1O[C@@]23C[C@@H]1OC(=O)C[C@H]1CCC[C@@H](C[C@@H](O)C[C@H](O)C[C@H]4O[C@@]5(CC[C@H](OC)[C@H](O5)[C@@H](O)[C@@H](O)[C@@H](C)CC[C@@H]5C[C@H](OC)C[C@](CC[C@@H]2C)(O5)O3)CC[C@@H]4C)O1. The first kappa shape index (κ1) is 55.6. The van der Waals surface area contributed by atoms with E-state index in [0.29, 0.717) is 89.9 Å². The van der Waals surface area contributed by atoms with Crippen molar-refractivity contribution < 1.29 is 82.5 Å². The van der Waals surface area contributed by atoms with Gasteiger partial charge < -0.3 is 72.9 Å². The van der Waals surface area contributed by atoms with Crippen LogP contribution in [0.5, 0.6) is 0 Å². The maximum Gasteiger partial charge on any atom is 0.335 e. The number of fused-ring (bicyclic) bond motifs is 6. The molecule has 7 rings (SSSR count). The van der Waals surface area contributed by atoms with Crippen LogP contribution in [0.4, 0.5) is 0 Å². The standard InChI is InChI=1S/C53H86O17/c1-32-19-22-51-24-21-43(62-5)49(69-51)48(59)47(58)33(2)17-18-39-28-40(61-4)30-52(66-39)23-20-34(3)53(70-52)31-45(42(68-53)16-11-9-7-8-10-15-41(56)50(60)63-6)65-46(57)29-38-14-12-13-37(64-38)26-35(54)25-36(55)27-44(32)67-51/h8-11,32-45,47-49,54-56,58-59H,7,12-31H2,1-6H3/b10-8-,11-9+/t32-,33-,34-,35-,36-,37-,38+,39+,40-,41+,42-,43-,44+,45-,47-,48-,49-,51-,52+,53+/m0/s1. The molecule has 70 heavy (non-hydrogen) atoms. The van der Waals surface area contributed by atoms with Gasteiger partial charge in [-0.05, 0) is 95.3 Å². The van der Waals surface area contributed by atoms with Gasteiger partial charge in [-0.15, -0.1) is 0 Å². The summed E-state index contributed by atoms with van der Waals surface area (Å²) < 4.78 is 63.9. The highest BCUT2D eigenvalue weighted by Crippen LogP contribution is 2.53. The molecule has 17 nitrogen and oxygen atoms in total. The van der Waals surface area contributed by atoms with Crippen molar-refractivity contribution >= 4 is 11.9 Å². The Morgan fingerprint density at radius 2 is 1.46 bits per heavy atom. The monoisotopic (exact) mass is 995 g/mol. The molecule has 7 saturated heterocycles. The van der Waals surface area contributed by atoms with E-state index < -0.39 is 90.3 Å². The van der Waals surface area contributed by atoms with E-state index in [-0.39, 0.29) is 61.4 Å². The summed E-state index contributed by atoms with van der Waals surface area (Å²) in [6.07, 6.45) is 8.58. The van der Waals surface area contributed by atoms with Crippen LogP contribution in [0.25, 0.3) is 0 Å². The molecule has 7 aliphatic rings. The molecule has 0 unspecified atom stereocenters. The third-order valence-corrected chi connectivity index (χ3v) is 16.6. The smallest absolute Gasteiger partial charge is 0.335 e. The molecule has 20 atom stereocenters. The number of allylic oxidation sites excluding steroid dienone is 2. The molecule has 0 aromatic carbocycles. The van der Waals surface area contributed by atoms with Crippen LogP contribution < -0.4 is 0 Å². The Morgan fingerprint density at radius 1 is 0.714 bits per heavy atom. The first-order chi connectivity index (χ1) is 33.5. The third kappa shape index (κ3) is 14.0. The van der Waals surface area contributed by atoms with E-state index in [2.05, 4.69) is 18.6 Å². The number of rotatable bonds is 9. The number of carbonyl (C=O) groups is 2. The number of esters is 2. The molecule has 0 aromatic rings. The van der Waals surface area contributed by atoms with Crippen LogP contribution in [0.1, 0.15) is 156 Å². The van der Waals surface area contributed by atoms with Crippen LogP contribution in [0, 0.1) is 17.8 Å². The summed E-state index contributed by atoms with van der Waals surface area (Å²) in [6.45, 7) is 6.11. The number of hydrogen-bond acceptors (Lipinski definition) is 17. The fraction of sp³-hybridized carbons (Fsp3) is 0.887. The zero-order valence-corrected chi connectivity index (χ0v) is 42.6. The van der Waals surface area contributed by atoms with Crippen molar-refractivity contribution in [1.29, 1.82) is 0 Å². The summed E-state index contributed by atoms with van der Waals surface area (Å²) >= 11 is 0. The Morgan fingerprint density at radius 3 is 2.23 bits per heavy atom. The normalized spacial score (nSPS) is 45.3. The summed E-state index contributed by atoms with van der Waals surface area (Å²) in [5.74, 6) is -4.59. The average Bonchev–Trinajstić information content (AvgIpc) is 3.67. The lowest BCUT2D eigenvalue weighted by Crippen LogP contribution is -2.59. The Labute approximate surface area is 415 Å². The predicted octanol–water partition coefficient (Wildman–Crippen LogP) is 5.61. The molecular formula is C53H86O17. The number of ether oxygens (including phenoxy) is 10. The lowest BCUT2D eigenvalue weighted by Gasteiger charge is -2.53. The number of carbonyl (C=O) groups excluding carboxylic acids is 2. The fourth-order valence-electron chi connectivity index (χ4n) is 12.3. The molecule has 0 radical (unpaired) electrons. The van der Waals surface area contributed by atoms with Crippen molar-refractivity contribution in [1.82, 2.24) is 0 Å². The molecule has 7 aliphatic heterocycles. The lowest BCUT2D eigenvalue weighted by molar-refractivity contribution is -0.414. The van der Waals surface area contributed by atoms with Gasteiger partial charge in [0.05, 0.1) is 68.5 Å². The number of hydrogen-bond donors (Lipinski definition) is 5. The minimum absolute atomic E-state index is 0.0427. The number of aliphatic hydroxyl groups excluding tert-OH is 5. The average molecular weight is 995 g/mol. The molecule has 0 aromatic heterocycles. The highest BCUT2D eigenvalue weighted by atomic mass is 16.8. The second kappa shape index (κ2) is 25.0. The number of methoxy groups -OCH3 is 3. The largest absolute Gasteiger partial charge is 0.467 e. The van der Waals surface area contributed by atoms with Gasteiger partial charge in [-0.3, -0.25) is 4.79 Å². The van der Waals surface area contributed by atoms with Gasteiger partial charge in [-0.25, -0.2) is 4.79 Å². The van der Waals surface area contributed by atoms with Gasteiger partial charge >= 0.3 is 11.9 Å². The van der Waals surface area contributed by atoms with Gasteiger partial charge in [-0.2, -0.15) is 0 Å². The first-order valence-corrected chi connectivity index (χ1v) is 26.6. The Kier molecular flexibility index (Phi) is 19.8. The van der Waals surface area contributed by atoms with Crippen LogP contribution in [0.15, 0.2) is 24.3 Å². The van der Waals surface area contributed by atoms with Gasteiger partial charge in [0.1, 0.15) is 24.4 Å². The molecule has 7 fully saturated rings. The first-order valence-electron chi connectivity index (χ1n) is 26.6. The topological polar surface area (TPSA) is 228 Å². The number of aliphatic hydroxyl groups is 5. The van der Waals surface area contributed by atoms with Crippen molar-refractivity contribution in [2.24, 2.45) is 17.8 Å². The Balaban J connectivity index is 1.11. The minimum atomic E-state index is -1.27. The van der Waals surface area contributed by atoms with E-state index in [1.165, 1.54) is 7.11 Å². The summed E-state index contributed by atoms with van der Waals surface area (Å²) in [4.78, 5) is 25.5. The molecule has 3 spiro atoms. The highest BCUT2D eigenvalue weighted by Gasteiger charge is 2.60. The maximum absolute atomic E-state index is 13.9. The second-order valence-corrected chi connectivity index (χ2v) is 21.9. The van der Waals surface area contributed by atoms with Crippen molar-refractivity contribution in [3.8, 4) is 0 Å². The predicted molar refractivity (Wildman–Crippen MR) is 254 cm³/mol. The minimum Gasteiger partial charge on any atom is -0.467 e. The van der Waals surface area contributed by atoms with E-state index in [1.807, 2.05) is 25.2 Å². The third-order valence-electron chi connectivity index (χ3n) is 16.6. The van der Waals surface area contributed by atoms with Crippen LogP contribution in [0.3, 0.4) is 0 Å². The van der Waals surface area contributed by atoms with Gasteiger partial charge in [-0.1, -0.05) is 45.1 Å². The molecule has 0 amide bonds. The van der Waals surface area contributed by atoms with E-state index in [1.54, 1.807) is 20.3 Å². The molecule has 0 saturated carbocycles. The van der Waals surface area contributed by atoms with Crippen molar-refractivity contribution in [2.75, 3.05) is 21.3 Å². The van der Waals surface area contributed by atoms with Crippen molar-refractivity contribution in [3.05, 3.63) is 24.3 Å². The van der Waals surface area contributed by atoms with Crippen LogP contribution >= 0.6 is 0 Å². The zero-order chi connectivity index (χ0) is 50.2. The van der Waals surface area contributed by atoms with Gasteiger partial charge in [0.25, 0.3) is 0 Å². The molecule has 17 heteroatoms. The van der Waals surface area contributed by atoms with E-state index in [0.717, 1.165) is 25.7 Å². The van der Waals surface area contributed by atoms with Crippen molar-refractivity contribution in [2.45, 2.75) is 258 Å². The molecule has 9 bridgehead atoms. The summed E-state index contributed by atoms with van der Waals surface area (Å²) in [6, 6.07) is 0. The van der Waals surface area contributed by atoms with Crippen LogP contribution in [-0.4, -0.2) is 162 Å². The Bertz CT molecular complexity index is 1730. The maximum atomic E-state index is 13.9. The zero-order valence-electron chi connectivity index (χ0n) is 42.6. The van der Waals surface area contributed by atoms with Crippen LogP contribution in [-0.2, 0) is 57.0 Å². The second-order valence-electron chi connectivity index (χ2n) is 21.9. The molecular weight excluding hydrogens is 909 g/mol. The highest BCUT2D eigenvalue weighted by molar-refractivity contribution is 5.74. The van der Waals surface area contributed by atoms with Gasteiger partial charge in [0.2, 0.25) is 0 Å².